The molecule has 0 aliphatic rings. The molecule has 5 heteroatoms. The minimum atomic E-state index is 0.705. The highest BCUT2D eigenvalue weighted by molar-refractivity contribution is 7.80. The van der Waals surface area contributed by atoms with Crippen LogP contribution in [0.2, 0.25) is 0 Å². The van der Waals surface area contributed by atoms with Gasteiger partial charge in [0.05, 0.1) is 13.2 Å². The zero-order chi connectivity index (χ0) is 20.7. The van der Waals surface area contributed by atoms with Gasteiger partial charge in [0.15, 0.2) is 5.11 Å². The second kappa shape index (κ2) is 13.8. The number of para-hydroxylation sites is 1. The largest absolute Gasteiger partial charge is 0.494 e. The van der Waals surface area contributed by atoms with Crippen LogP contribution in [0.4, 0.5) is 5.69 Å². The molecule has 0 fully saturated rings. The highest BCUT2D eigenvalue weighted by Gasteiger charge is 2.05. The summed E-state index contributed by atoms with van der Waals surface area (Å²) in [7, 11) is 2.03. The van der Waals surface area contributed by atoms with Crippen LogP contribution in [0.15, 0.2) is 54.6 Å². The lowest BCUT2D eigenvalue weighted by Crippen LogP contribution is -2.31. The molecule has 0 atom stereocenters. The fraction of sp³-hybridized carbons (Fsp3) is 0.458. The van der Waals surface area contributed by atoms with Gasteiger partial charge in [-0.1, -0.05) is 44.0 Å². The normalized spacial score (nSPS) is 10.4. The maximum atomic E-state index is 5.90. The van der Waals surface area contributed by atoms with Gasteiger partial charge in [0, 0.05) is 25.3 Å². The Morgan fingerprint density at radius 2 is 1.55 bits per heavy atom. The van der Waals surface area contributed by atoms with Crippen LogP contribution in [-0.2, 0) is 0 Å². The Kier molecular flexibility index (Phi) is 11.0. The summed E-state index contributed by atoms with van der Waals surface area (Å²) in [5.74, 6) is 1.80. The van der Waals surface area contributed by atoms with E-state index in [1.165, 1.54) is 12.8 Å². The molecule has 158 valence electrons. The van der Waals surface area contributed by atoms with Crippen LogP contribution in [0.1, 0.15) is 45.4 Å². The summed E-state index contributed by atoms with van der Waals surface area (Å²) < 4.78 is 11.6. The van der Waals surface area contributed by atoms with E-state index in [1.807, 2.05) is 61.6 Å². The van der Waals surface area contributed by atoms with Crippen molar-refractivity contribution in [3.63, 3.8) is 0 Å². The molecule has 0 aliphatic carbocycles. The average Bonchev–Trinajstić information content (AvgIpc) is 2.74. The Labute approximate surface area is 181 Å². The molecule has 2 aromatic rings. The van der Waals surface area contributed by atoms with E-state index in [0.717, 1.165) is 61.1 Å². The van der Waals surface area contributed by atoms with E-state index in [9.17, 15) is 0 Å². The zero-order valence-corrected chi connectivity index (χ0v) is 18.5. The number of anilines is 1. The summed E-state index contributed by atoms with van der Waals surface area (Å²) in [4.78, 5) is 2.09. The van der Waals surface area contributed by atoms with Gasteiger partial charge in [0.1, 0.15) is 11.5 Å². The topological polar surface area (TPSA) is 33.7 Å². The predicted octanol–water partition coefficient (Wildman–Crippen LogP) is 6.13. The van der Waals surface area contributed by atoms with Crippen LogP contribution in [-0.4, -0.2) is 36.8 Å². The second-order valence-corrected chi connectivity index (χ2v) is 7.54. The first-order valence-electron chi connectivity index (χ1n) is 10.6. The third-order valence-corrected chi connectivity index (χ3v) is 5.01. The summed E-state index contributed by atoms with van der Waals surface area (Å²) in [6.07, 6.45) is 6.72. The molecule has 0 bridgehead atoms. The minimum Gasteiger partial charge on any atom is -0.494 e. The van der Waals surface area contributed by atoms with Gasteiger partial charge >= 0.3 is 0 Å². The number of rotatable bonds is 13. The fourth-order valence-corrected chi connectivity index (χ4v) is 3.07. The fourth-order valence-electron chi connectivity index (χ4n) is 2.86. The zero-order valence-electron chi connectivity index (χ0n) is 17.7. The van der Waals surface area contributed by atoms with Crippen molar-refractivity contribution in [1.82, 2.24) is 4.90 Å². The molecule has 0 spiro atoms. The Balaban J connectivity index is 1.61. The van der Waals surface area contributed by atoms with Gasteiger partial charge in [0.2, 0.25) is 0 Å². The molecule has 29 heavy (non-hydrogen) atoms. The van der Waals surface area contributed by atoms with E-state index < -0.39 is 0 Å². The summed E-state index contributed by atoms with van der Waals surface area (Å²) in [5, 5.41) is 4.05. The van der Waals surface area contributed by atoms with Crippen molar-refractivity contribution in [3.05, 3.63) is 54.6 Å². The maximum absolute atomic E-state index is 5.90. The molecule has 0 unspecified atom stereocenters. The molecular formula is C24H34N2O2S. The van der Waals surface area contributed by atoms with E-state index >= 15 is 0 Å². The molecule has 4 nitrogen and oxygen atoms in total. The molecule has 2 aromatic carbocycles. The van der Waals surface area contributed by atoms with Crippen molar-refractivity contribution in [3.8, 4) is 11.5 Å². The van der Waals surface area contributed by atoms with Crippen molar-refractivity contribution >= 4 is 23.0 Å². The first kappa shape index (κ1) is 23.0. The molecular weight excluding hydrogens is 380 g/mol. The Bertz CT molecular complexity index is 709. The lowest BCUT2D eigenvalue weighted by molar-refractivity contribution is 0.279. The first-order chi connectivity index (χ1) is 14.2. The number of benzene rings is 2. The summed E-state index contributed by atoms with van der Waals surface area (Å²) in [5.41, 5.74) is 0.964. The summed E-state index contributed by atoms with van der Waals surface area (Å²) in [6.45, 7) is 4.63. The molecule has 2 rings (SSSR count). The SMILES string of the molecule is CCCCCN(C)C(=S)Nc1cccc(OCCCCCOc2ccccc2)c1. The Morgan fingerprint density at radius 1 is 0.862 bits per heavy atom. The van der Waals surface area contributed by atoms with Crippen molar-refractivity contribution in [1.29, 1.82) is 0 Å². The molecule has 0 saturated carbocycles. The number of nitrogens with one attached hydrogen (secondary N) is 1. The number of ether oxygens (including phenoxy) is 2. The van der Waals surface area contributed by atoms with E-state index in [1.54, 1.807) is 0 Å². The minimum absolute atomic E-state index is 0.705. The van der Waals surface area contributed by atoms with E-state index in [2.05, 4.69) is 17.1 Å². The molecule has 0 aliphatic heterocycles. The van der Waals surface area contributed by atoms with Crippen molar-refractivity contribution < 1.29 is 9.47 Å². The number of hydrogen-bond acceptors (Lipinski definition) is 3. The molecule has 0 aromatic heterocycles. The van der Waals surface area contributed by atoms with Gasteiger partial charge in [-0.25, -0.2) is 0 Å². The van der Waals surface area contributed by atoms with Gasteiger partial charge in [0.25, 0.3) is 0 Å². The van der Waals surface area contributed by atoms with E-state index in [0.29, 0.717) is 6.61 Å². The van der Waals surface area contributed by atoms with Crippen molar-refractivity contribution in [2.75, 3.05) is 32.1 Å². The van der Waals surface area contributed by atoms with E-state index in [-0.39, 0.29) is 0 Å². The van der Waals surface area contributed by atoms with Gasteiger partial charge in [-0.15, -0.1) is 0 Å². The standard InChI is InChI=1S/C24H34N2O2S/c1-3-4-9-17-26(2)24(29)25-21-13-12-16-23(20-21)28-19-11-6-10-18-27-22-14-7-5-8-15-22/h5,7-8,12-16,20H,3-4,6,9-11,17-19H2,1-2H3,(H,25,29). The number of nitrogens with zero attached hydrogens (tertiary/aromatic N) is 1. The smallest absolute Gasteiger partial charge is 0.173 e. The molecule has 0 radical (unpaired) electrons. The van der Waals surface area contributed by atoms with Crippen molar-refractivity contribution in [2.24, 2.45) is 0 Å². The number of unbranched alkanes of at least 4 members (excludes halogenated alkanes) is 4. The van der Waals surface area contributed by atoms with Crippen LogP contribution >= 0.6 is 12.2 Å². The first-order valence-corrected chi connectivity index (χ1v) is 11.0. The van der Waals surface area contributed by atoms with Gasteiger partial charge < -0.3 is 19.7 Å². The summed E-state index contributed by atoms with van der Waals surface area (Å²) in [6, 6.07) is 17.9. The lowest BCUT2D eigenvalue weighted by Gasteiger charge is -2.21. The van der Waals surface area contributed by atoms with Crippen LogP contribution in [0.5, 0.6) is 11.5 Å². The Hall–Kier alpha value is -2.27. The number of hydrogen-bond donors (Lipinski definition) is 1. The van der Waals surface area contributed by atoms with Crippen molar-refractivity contribution in [2.45, 2.75) is 45.4 Å². The van der Waals surface area contributed by atoms with Crippen LogP contribution in [0.25, 0.3) is 0 Å². The molecule has 1 N–H and O–H groups in total. The third-order valence-electron chi connectivity index (χ3n) is 4.60. The van der Waals surface area contributed by atoms with Gasteiger partial charge in [-0.3, -0.25) is 0 Å². The monoisotopic (exact) mass is 414 g/mol. The van der Waals surface area contributed by atoms with Gasteiger partial charge in [-0.05, 0) is 62.2 Å². The molecule has 0 amide bonds. The highest BCUT2D eigenvalue weighted by Crippen LogP contribution is 2.18. The van der Waals surface area contributed by atoms with E-state index in [4.69, 9.17) is 21.7 Å². The second-order valence-electron chi connectivity index (χ2n) is 7.16. The van der Waals surface area contributed by atoms with Crippen LogP contribution in [0, 0.1) is 0 Å². The van der Waals surface area contributed by atoms with Gasteiger partial charge in [-0.2, -0.15) is 0 Å². The highest BCUT2D eigenvalue weighted by atomic mass is 32.1. The van der Waals surface area contributed by atoms with Crippen LogP contribution < -0.4 is 14.8 Å². The van der Waals surface area contributed by atoms with Crippen LogP contribution in [0.3, 0.4) is 0 Å². The third kappa shape index (κ3) is 9.66. The quantitative estimate of drug-likeness (QED) is 0.315. The Morgan fingerprint density at radius 3 is 2.28 bits per heavy atom. The molecule has 0 saturated heterocycles. The maximum Gasteiger partial charge on any atom is 0.173 e. The summed E-state index contributed by atoms with van der Waals surface area (Å²) >= 11 is 5.50. The average molecular weight is 415 g/mol. The molecule has 0 heterocycles. The predicted molar refractivity (Wildman–Crippen MR) is 126 cm³/mol. The number of thiocarbonyl (C=S) groups is 1. The lowest BCUT2D eigenvalue weighted by atomic mass is 10.2.